The predicted molar refractivity (Wildman–Crippen MR) is 52.7 cm³/mol. The molecule has 70 valence electrons. The molecule has 2 aromatic rings. The molecule has 0 atom stereocenters. The van der Waals surface area contributed by atoms with Crippen LogP contribution in [-0.2, 0) is 6.42 Å². The maximum absolute atomic E-state index is 8.70. The molecule has 0 aliphatic rings. The van der Waals surface area contributed by atoms with Gasteiger partial charge in [0, 0.05) is 12.5 Å². The number of aromatic nitrogens is 1. The van der Waals surface area contributed by atoms with Crippen LogP contribution in [0.15, 0.2) is 22.6 Å². The molecule has 1 aromatic carbocycles. The van der Waals surface area contributed by atoms with Gasteiger partial charge in [-0.2, -0.15) is 5.26 Å². The first kappa shape index (κ1) is 8.76. The van der Waals surface area contributed by atoms with Gasteiger partial charge in [0.05, 0.1) is 11.6 Å². The average Bonchev–Trinajstić information content (AvgIpc) is 2.59. The summed E-state index contributed by atoms with van der Waals surface area (Å²) in [5.41, 5.74) is 2.14. The van der Waals surface area contributed by atoms with E-state index in [-0.39, 0.29) is 0 Å². The van der Waals surface area contributed by atoms with Gasteiger partial charge < -0.3 is 4.42 Å². The first-order chi connectivity index (χ1) is 6.83. The van der Waals surface area contributed by atoms with Crippen LogP contribution in [0, 0.1) is 11.3 Å². The Bertz CT molecular complexity index is 493. The van der Waals surface area contributed by atoms with E-state index in [4.69, 9.17) is 9.68 Å². The molecule has 0 spiro atoms. The Morgan fingerprint density at radius 2 is 2.36 bits per heavy atom. The van der Waals surface area contributed by atoms with E-state index in [1.54, 1.807) is 12.1 Å². The van der Waals surface area contributed by atoms with Crippen LogP contribution >= 0.6 is 0 Å². The number of nitriles is 1. The molecule has 0 fully saturated rings. The molecule has 3 nitrogen and oxygen atoms in total. The van der Waals surface area contributed by atoms with Crippen molar-refractivity contribution in [1.29, 1.82) is 5.26 Å². The minimum Gasteiger partial charge on any atom is -0.441 e. The first-order valence-corrected chi connectivity index (χ1v) is 4.63. The van der Waals surface area contributed by atoms with E-state index in [0.717, 1.165) is 24.2 Å². The van der Waals surface area contributed by atoms with Crippen LogP contribution in [-0.4, -0.2) is 4.98 Å². The topological polar surface area (TPSA) is 49.8 Å². The van der Waals surface area contributed by atoms with E-state index in [0.29, 0.717) is 11.1 Å². The fourth-order valence-corrected chi connectivity index (χ4v) is 1.36. The van der Waals surface area contributed by atoms with Crippen LogP contribution in [0.2, 0.25) is 0 Å². The molecule has 0 aliphatic carbocycles. The number of hydrogen-bond donors (Lipinski definition) is 0. The minimum absolute atomic E-state index is 0.608. The monoisotopic (exact) mass is 186 g/mol. The fraction of sp³-hybridized carbons (Fsp3) is 0.273. The third-order valence-corrected chi connectivity index (χ3v) is 2.03. The number of benzene rings is 1. The largest absolute Gasteiger partial charge is 0.441 e. The third-order valence-electron chi connectivity index (χ3n) is 2.03. The van der Waals surface area contributed by atoms with Crippen LogP contribution in [0.4, 0.5) is 0 Å². The number of oxazole rings is 1. The number of nitrogens with zero attached hydrogens (tertiary/aromatic N) is 2. The molecule has 14 heavy (non-hydrogen) atoms. The van der Waals surface area contributed by atoms with E-state index in [1.807, 2.05) is 6.07 Å². The lowest BCUT2D eigenvalue weighted by Crippen LogP contribution is -1.79. The molecule has 0 aliphatic heterocycles. The van der Waals surface area contributed by atoms with Crippen molar-refractivity contribution in [3.8, 4) is 6.07 Å². The van der Waals surface area contributed by atoms with Gasteiger partial charge in [-0.25, -0.2) is 4.98 Å². The zero-order chi connectivity index (χ0) is 9.97. The quantitative estimate of drug-likeness (QED) is 0.724. The van der Waals surface area contributed by atoms with Crippen LogP contribution in [0.5, 0.6) is 0 Å². The van der Waals surface area contributed by atoms with E-state index >= 15 is 0 Å². The lowest BCUT2D eigenvalue weighted by atomic mass is 10.2. The first-order valence-electron chi connectivity index (χ1n) is 4.63. The van der Waals surface area contributed by atoms with Crippen LogP contribution in [0.1, 0.15) is 24.8 Å². The van der Waals surface area contributed by atoms with Crippen molar-refractivity contribution in [2.45, 2.75) is 19.8 Å². The normalized spacial score (nSPS) is 10.3. The van der Waals surface area contributed by atoms with Gasteiger partial charge in [0.25, 0.3) is 0 Å². The molecule has 0 N–H and O–H groups in total. The van der Waals surface area contributed by atoms with E-state index in [9.17, 15) is 0 Å². The lowest BCUT2D eigenvalue weighted by Gasteiger charge is -1.86. The van der Waals surface area contributed by atoms with E-state index in [1.165, 1.54) is 0 Å². The zero-order valence-corrected chi connectivity index (χ0v) is 7.95. The molecule has 0 radical (unpaired) electrons. The van der Waals surface area contributed by atoms with Gasteiger partial charge >= 0.3 is 0 Å². The molecule has 0 saturated carbocycles. The summed E-state index contributed by atoms with van der Waals surface area (Å²) in [7, 11) is 0. The van der Waals surface area contributed by atoms with Crippen LogP contribution in [0.3, 0.4) is 0 Å². The molecule has 0 bridgehead atoms. The van der Waals surface area contributed by atoms with Crippen molar-refractivity contribution in [3.63, 3.8) is 0 Å². The second-order valence-electron chi connectivity index (χ2n) is 3.15. The molecular weight excluding hydrogens is 176 g/mol. The van der Waals surface area contributed by atoms with Gasteiger partial charge in [0.15, 0.2) is 11.5 Å². The molecule has 1 aromatic heterocycles. The van der Waals surface area contributed by atoms with Gasteiger partial charge in [-0.05, 0) is 18.6 Å². The maximum atomic E-state index is 8.70. The molecule has 3 heteroatoms. The highest BCUT2D eigenvalue weighted by atomic mass is 16.3. The van der Waals surface area contributed by atoms with Crippen molar-refractivity contribution < 1.29 is 4.42 Å². The fourth-order valence-electron chi connectivity index (χ4n) is 1.36. The number of hydrogen-bond acceptors (Lipinski definition) is 3. The van der Waals surface area contributed by atoms with Crippen molar-refractivity contribution in [2.75, 3.05) is 0 Å². The molecule has 0 unspecified atom stereocenters. The Morgan fingerprint density at radius 3 is 3.07 bits per heavy atom. The number of rotatable bonds is 2. The van der Waals surface area contributed by atoms with Gasteiger partial charge in [-0.15, -0.1) is 0 Å². The third kappa shape index (κ3) is 1.47. The van der Waals surface area contributed by atoms with Gasteiger partial charge in [-0.1, -0.05) is 6.92 Å². The van der Waals surface area contributed by atoms with Crippen LogP contribution < -0.4 is 0 Å². The summed E-state index contributed by atoms with van der Waals surface area (Å²) in [5.74, 6) is 0.748. The second-order valence-corrected chi connectivity index (χ2v) is 3.15. The SMILES string of the molecule is CCCc1nc2ccc(C#N)cc2o1. The summed E-state index contributed by atoms with van der Waals surface area (Å²) in [6, 6.07) is 7.36. The highest BCUT2D eigenvalue weighted by Crippen LogP contribution is 2.17. The Morgan fingerprint density at radius 1 is 1.50 bits per heavy atom. The molecular formula is C11H10N2O. The van der Waals surface area contributed by atoms with Gasteiger partial charge in [0.2, 0.25) is 0 Å². The molecule has 0 saturated heterocycles. The summed E-state index contributed by atoms with van der Waals surface area (Å²) < 4.78 is 5.49. The van der Waals surface area contributed by atoms with Crippen molar-refractivity contribution in [1.82, 2.24) is 4.98 Å². The summed E-state index contributed by atoms with van der Waals surface area (Å²) in [6.45, 7) is 2.08. The maximum Gasteiger partial charge on any atom is 0.195 e. The summed E-state index contributed by atoms with van der Waals surface area (Å²) in [4.78, 5) is 4.30. The molecule has 2 rings (SSSR count). The van der Waals surface area contributed by atoms with Crippen molar-refractivity contribution >= 4 is 11.1 Å². The Hall–Kier alpha value is -1.82. The van der Waals surface area contributed by atoms with E-state index < -0.39 is 0 Å². The minimum atomic E-state index is 0.608. The standard InChI is InChI=1S/C11H10N2O/c1-2-3-11-13-9-5-4-8(7-12)6-10(9)14-11/h4-6H,2-3H2,1H3. The van der Waals surface area contributed by atoms with Crippen LogP contribution in [0.25, 0.3) is 11.1 Å². The lowest BCUT2D eigenvalue weighted by molar-refractivity contribution is 0.525. The van der Waals surface area contributed by atoms with Gasteiger partial charge in [0.1, 0.15) is 5.52 Å². The smallest absolute Gasteiger partial charge is 0.195 e. The van der Waals surface area contributed by atoms with E-state index in [2.05, 4.69) is 18.0 Å². The van der Waals surface area contributed by atoms with Crippen molar-refractivity contribution in [2.24, 2.45) is 0 Å². The average molecular weight is 186 g/mol. The summed E-state index contributed by atoms with van der Waals surface area (Å²) in [5, 5.41) is 8.70. The summed E-state index contributed by atoms with van der Waals surface area (Å²) in [6.07, 6.45) is 1.86. The Kier molecular flexibility index (Phi) is 2.19. The number of fused-ring (bicyclic) bond motifs is 1. The highest BCUT2D eigenvalue weighted by molar-refractivity contribution is 5.74. The Labute approximate surface area is 82.0 Å². The Balaban J connectivity index is 2.50. The van der Waals surface area contributed by atoms with Crippen molar-refractivity contribution in [3.05, 3.63) is 29.7 Å². The number of aryl methyl sites for hydroxylation is 1. The summed E-state index contributed by atoms with van der Waals surface area (Å²) >= 11 is 0. The second kappa shape index (κ2) is 3.51. The zero-order valence-electron chi connectivity index (χ0n) is 7.95. The predicted octanol–water partition coefficient (Wildman–Crippen LogP) is 2.65. The van der Waals surface area contributed by atoms with Gasteiger partial charge in [-0.3, -0.25) is 0 Å². The highest BCUT2D eigenvalue weighted by Gasteiger charge is 2.04. The molecule has 0 amide bonds. The molecule has 1 heterocycles.